The van der Waals surface area contributed by atoms with Crippen LogP contribution in [0.3, 0.4) is 0 Å². The normalized spacial score (nSPS) is 26.6. The van der Waals surface area contributed by atoms with Crippen LogP contribution in [0.25, 0.3) is 0 Å². The number of rotatable bonds is 13. The molecule has 3 atom stereocenters. The molecule has 5 nitrogen and oxygen atoms in total. The van der Waals surface area contributed by atoms with E-state index in [4.69, 9.17) is 4.74 Å². The van der Waals surface area contributed by atoms with Gasteiger partial charge in [-0.15, -0.1) is 0 Å². The molecular weight excluding hydrogens is 508 g/mol. The quantitative estimate of drug-likeness (QED) is 0.269. The van der Waals surface area contributed by atoms with E-state index in [0.29, 0.717) is 24.0 Å². The lowest BCUT2D eigenvalue weighted by Crippen LogP contribution is -2.68. The van der Waals surface area contributed by atoms with Gasteiger partial charge in [0, 0.05) is 44.6 Å². The molecule has 0 spiro atoms. The Morgan fingerprint density at radius 2 is 1.85 bits per heavy atom. The third-order valence-corrected chi connectivity index (χ3v) is 10.2. The van der Waals surface area contributed by atoms with E-state index in [2.05, 4.69) is 60.0 Å². The number of phenols is 1. The molecule has 224 valence electrons. The van der Waals surface area contributed by atoms with Gasteiger partial charge in [-0.3, -0.25) is 4.79 Å². The van der Waals surface area contributed by atoms with Crippen LogP contribution in [0, 0.1) is 11.8 Å². The van der Waals surface area contributed by atoms with Gasteiger partial charge in [0.1, 0.15) is 5.75 Å². The number of likely N-dealkylation sites (tertiary alicyclic amines) is 1. The summed E-state index contributed by atoms with van der Waals surface area (Å²) in [6, 6.07) is 18.7. The number of ether oxygens (including phenoxy) is 1. The van der Waals surface area contributed by atoms with Gasteiger partial charge in [-0.2, -0.15) is 0 Å². The molecule has 3 unspecified atom stereocenters. The van der Waals surface area contributed by atoms with Crippen LogP contribution in [0.4, 0.5) is 0 Å². The first-order valence-corrected chi connectivity index (χ1v) is 16.2. The summed E-state index contributed by atoms with van der Waals surface area (Å²) in [5.74, 6) is 1.89. The molecule has 2 aromatic rings. The summed E-state index contributed by atoms with van der Waals surface area (Å²) in [4.78, 5) is 18.7. The zero-order chi connectivity index (χ0) is 28.9. The lowest BCUT2D eigenvalue weighted by molar-refractivity contribution is -0.163. The summed E-state index contributed by atoms with van der Waals surface area (Å²) >= 11 is 0. The van der Waals surface area contributed by atoms with Crippen molar-refractivity contribution in [2.75, 3.05) is 33.3 Å². The highest BCUT2D eigenvalue weighted by Gasteiger charge is 2.59. The molecule has 0 aromatic heterocycles. The van der Waals surface area contributed by atoms with Crippen molar-refractivity contribution in [1.29, 1.82) is 0 Å². The molecule has 2 aliphatic carbocycles. The second kappa shape index (κ2) is 13.3. The number of aromatic hydroxyl groups is 1. The van der Waals surface area contributed by atoms with E-state index >= 15 is 0 Å². The number of amides is 1. The molecule has 5 heteroatoms. The molecule has 1 amide bonds. The van der Waals surface area contributed by atoms with Gasteiger partial charge >= 0.3 is 0 Å². The van der Waals surface area contributed by atoms with Crippen LogP contribution in [0.1, 0.15) is 89.2 Å². The van der Waals surface area contributed by atoms with Gasteiger partial charge in [0.05, 0.1) is 5.60 Å². The molecule has 1 heterocycles. The van der Waals surface area contributed by atoms with Crippen molar-refractivity contribution >= 4 is 5.91 Å². The average molecular weight is 561 g/mol. The van der Waals surface area contributed by atoms with E-state index < -0.39 is 0 Å². The highest BCUT2D eigenvalue weighted by atomic mass is 16.5. The van der Waals surface area contributed by atoms with Crippen LogP contribution in [0.15, 0.2) is 54.6 Å². The predicted octanol–water partition coefficient (Wildman–Crippen LogP) is 6.97. The Kier molecular flexibility index (Phi) is 9.76. The summed E-state index contributed by atoms with van der Waals surface area (Å²) in [5, 5.41) is 10.5. The minimum atomic E-state index is -0.311. The molecule has 5 rings (SSSR count). The van der Waals surface area contributed by atoms with Gasteiger partial charge in [-0.1, -0.05) is 62.7 Å². The second-order valence-electron chi connectivity index (χ2n) is 13.6. The SMILES string of the molecule is COC12CCC(N(CC(C)C)C(=O)CCCCCc3ccccc3)CC1(c1cccc(O)c1)CCN(CC1CC1)C2. The van der Waals surface area contributed by atoms with Crippen LogP contribution >= 0.6 is 0 Å². The van der Waals surface area contributed by atoms with Gasteiger partial charge in [0.25, 0.3) is 0 Å². The molecule has 2 aromatic carbocycles. The second-order valence-corrected chi connectivity index (χ2v) is 13.6. The highest BCUT2D eigenvalue weighted by Crippen LogP contribution is 2.55. The van der Waals surface area contributed by atoms with E-state index in [-0.39, 0.29) is 17.1 Å². The summed E-state index contributed by atoms with van der Waals surface area (Å²) in [7, 11) is 1.89. The molecular formula is C36H52N2O3. The smallest absolute Gasteiger partial charge is 0.222 e. The summed E-state index contributed by atoms with van der Waals surface area (Å²) in [5.41, 5.74) is 2.01. The minimum Gasteiger partial charge on any atom is -0.508 e. The Morgan fingerprint density at radius 3 is 2.56 bits per heavy atom. The van der Waals surface area contributed by atoms with E-state index in [1.807, 2.05) is 19.2 Å². The van der Waals surface area contributed by atoms with Crippen molar-refractivity contribution < 1.29 is 14.6 Å². The van der Waals surface area contributed by atoms with Crippen LogP contribution in [0.2, 0.25) is 0 Å². The molecule has 3 fully saturated rings. The number of benzene rings is 2. The Hall–Kier alpha value is -2.37. The molecule has 1 N–H and O–H groups in total. The Bertz CT molecular complexity index is 1130. The standard InChI is InChI=1S/C36H52N2O3/c1-28(2)25-38(34(40)16-9-5-8-13-29-11-6-4-7-12-29)32-19-20-36(41-3)27-37(26-30-17-18-30)22-21-35(36,24-32)31-14-10-15-33(39)23-31/h4,6-7,10-12,14-15,23,28,30,32,39H,5,8-9,13,16-22,24-27H2,1-3H3. The van der Waals surface area contributed by atoms with Crippen LogP contribution in [-0.4, -0.2) is 65.7 Å². The van der Waals surface area contributed by atoms with E-state index in [1.54, 1.807) is 6.07 Å². The first-order chi connectivity index (χ1) is 19.8. The lowest BCUT2D eigenvalue weighted by Gasteiger charge is -2.61. The number of hydrogen-bond donors (Lipinski definition) is 1. The van der Waals surface area contributed by atoms with E-state index in [9.17, 15) is 9.90 Å². The van der Waals surface area contributed by atoms with Crippen molar-refractivity contribution in [3.8, 4) is 5.75 Å². The van der Waals surface area contributed by atoms with Crippen LogP contribution in [-0.2, 0) is 21.4 Å². The van der Waals surface area contributed by atoms with Crippen molar-refractivity contribution in [2.24, 2.45) is 11.8 Å². The number of hydrogen-bond acceptors (Lipinski definition) is 4. The van der Waals surface area contributed by atoms with Crippen LogP contribution in [0.5, 0.6) is 5.75 Å². The number of carbonyl (C=O) groups excluding carboxylic acids is 1. The molecule has 3 aliphatic rings. The number of unbranched alkanes of at least 4 members (excludes halogenated alkanes) is 2. The Labute approximate surface area is 248 Å². The number of aryl methyl sites for hydroxylation is 1. The van der Waals surface area contributed by atoms with Gasteiger partial charge in [-0.05, 0) is 99.4 Å². The summed E-state index contributed by atoms with van der Waals surface area (Å²) < 4.78 is 6.58. The lowest BCUT2D eigenvalue weighted by atomic mass is 9.55. The molecule has 0 bridgehead atoms. The third kappa shape index (κ3) is 7.00. The van der Waals surface area contributed by atoms with Crippen molar-refractivity contribution in [3.05, 3.63) is 65.7 Å². The monoisotopic (exact) mass is 560 g/mol. The number of phenolic OH excluding ortho intramolecular Hbond substituents is 1. The van der Waals surface area contributed by atoms with Gasteiger partial charge in [-0.25, -0.2) is 0 Å². The van der Waals surface area contributed by atoms with Crippen molar-refractivity contribution in [1.82, 2.24) is 9.80 Å². The molecule has 41 heavy (non-hydrogen) atoms. The fourth-order valence-electron chi connectivity index (χ4n) is 7.88. The summed E-state index contributed by atoms with van der Waals surface area (Å²) in [6.07, 6.45) is 11.4. The maximum Gasteiger partial charge on any atom is 0.222 e. The molecule has 2 saturated carbocycles. The Morgan fingerprint density at radius 1 is 1.05 bits per heavy atom. The molecule has 1 aliphatic heterocycles. The zero-order valence-corrected chi connectivity index (χ0v) is 25.7. The largest absolute Gasteiger partial charge is 0.508 e. The number of carbonyl (C=O) groups is 1. The fourth-order valence-corrected chi connectivity index (χ4v) is 7.88. The number of fused-ring (bicyclic) bond motifs is 1. The number of methoxy groups -OCH3 is 1. The first kappa shape index (κ1) is 30.1. The van der Waals surface area contributed by atoms with Gasteiger partial charge in [0.2, 0.25) is 5.91 Å². The van der Waals surface area contributed by atoms with Gasteiger partial charge < -0.3 is 19.6 Å². The average Bonchev–Trinajstić information content (AvgIpc) is 3.80. The third-order valence-electron chi connectivity index (χ3n) is 10.2. The predicted molar refractivity (Wildman–Crippen MR) is 166 cm³/mol. The fraction of sp³-hybridized carbons (Fsp3) is 0.639. The first-order valence-electron chi connectivity index (χ1n) is 16.2. The molecule has 0 radical (unpaired) electrons. The number of piperidine rings is 1. The van der Waals surface area contributed by atoms with Gasteiger partial charge in [0.15, 0.2) is 0 Å². The maximum atomic E-state index is 13.8. The van der Waals surface area contributed by atoms with Crippen molar-refractivity contribution in [2.45, 2.75) is 102 Å². The van der Waals surface area contributed by atoms with E-state index in [1.165, 1.54) is 30.5 Å². The van der Waals surface area contributed by atoms with Crippen LogP contribution < -0.4 is 0 Å². The van der Waals surface area contributed by atoms with Crippen molar-refractivity contribution in [3.63, 3.8) is 0 Å². The highest BCUT2D eigenvalue weighted by molar-refractivity contribution is 5.76. The zero-order valence-electron chi connectivity index (χ0n) is 25.7. The minimum absolute atomic E-state index is 0.190. The van der Waals surface area contributed by atoms with E-state index in [0.717, 1.165) is 76.9 Å². The topological polar surface area (TPSA) is 53.0 Å². The summed E-state index contributed by atoms with van der Waals surface area (Å²) in [6.45, 7) is 8.41. The maximum absolute atomic E-state index is 13.8. The number of nitrogens with zero attached hydrogens (tertiary/aromatic N) is 2. The molecule has 1 saturated heterocycles. The Balaban J connectivity index is 1.32.